The number of benzene rings is 1. The van der Waals surface area contributed by atoms with Gasteiger partial charge in [0.2, 0.25) is 0 Å². The van der Waals surface area contributed by atoms with Gasteiger partial charge in [0.25, 0.3) is 5.91 Å². The van der Waals surface area contributed by atoms with Crippen molar-refractivity contribution in [3.63, 3.8) is 0 Å². The zero-order chi connectivity index (χ0) is 15.5. The first-order chi connectivity index (χ1) is 9.91. The Bertz CT molecular complexity index is 618. The molecule has 0 unspecified atom stereocenters. The van der Waals surface area contributed by atoms with Crippen molar-refractivity contribution < 1.29 is 22.5 Å². The smallest absolute Gasteiger partial charge is 0.361 e. The van der Waals surface area contributed by atoms with Crippen molar-refractivity contribution in [2.75, 3.05) is 5.32 Å². The number of hydrogen-bond donors (Lipinski definition) is 1. The highest BCUT2D eigenvalue weighted by Crippen LogP contribution is 2.29. The average Bonchev–Trinajstić information content (AvgIpc) is 2.87. The molecular weight excluding hydrogens is 285 g/mol. The average molecular weight is 298 g/mol. The third-order valence-electron chi connectivity index (χ3n) is 2.84. The van der Waals surface area contributed by atoms with Gasteiger partial charge in [-0.05, 0) is 30.7 Å². The molecule has 0 radical (unpaired) electrons. The maximum Gasteiger partial charge on any atom is 0.416 e. The van der Waals surface area contributed by atoms with Crippen LogP contribution in [-0.4, -0.2) is 11.1 Å². The van der Waals surface area contributed by atoms with Crippen molar-refractivity contribution in [1.82, 2.24) is 5.16 Å². The number of hydrogen-bond acceptors (Lipinski definition) is 3. The van der Waals surface area contributed by atoms with Crippen LogP contribution in [0.1, 0.15) is 35.0 Å². The molecule has 0 saturated heterocycles. The fraction of sp³-hybridized carbons (Fsp3) is 0.286. The van der Waals surface area contributed by atoms with Gasteiger partial charge in [-0.2, -0.15) is 13.2 Å². The Morgan fingerprint density at radius 2 is 1.95 bits per heavy atom. The number of aryl methyl sites for hydroxylation is 1. The summed E-state index contributed by atoms with van der Waals surface area (Å²) in [7, 11) is 0. The molecule has 0 aliphatic rings. The van der Waals surface area contributed by atoms with E-state index in [9.17, 15) is 18.0 Å². The Kier molecular flexibility index (Phi) is 4.30. The van der Waals surface area contributed by atoms with Gasteiger partial charge in [0, 0.05) is 12.1 Å². The zero-order valence-corrected chi connectivity index (χ0v) is 11.2. The molecule has 1 aromatic carbocycles. The molecule has 4 nitrogen and oxygen atoms in total. The Morgan fingerprint density at radius 1 is 1.29 bits per heavy atom. The van der Waals surface area contributed by atoms with Crippen LogP contribution in [0.3, 0.4) is 0 Å². The molecule has 1 amide bonds. The highest BCUT2D eigenvalue weighted by Gasteiger charge is 2.30. The molecular formula is C14H13F3N2O2. The maximum atomic E-state index is 12.4. The second-order valence-corrected chi connectivity index (χ2v) is 4.44. The van der Waals surface area contributed by atoms with E-state index in [2.05, 4.69) is 10.5 Å². The van der Waals surface area contributed by atoms with E-state index in [1.54, 1.807) is 0 Å². The van der Waals surface area contributed by atoms with Crippen LogP contribution in [0.25, 0.3) is 0 Å². The number of alkyl halides is 3. The molecule has 0 saturated carbocycles. The third kappa shape index (κ3) is 3.62. The summed E-state index contributed by atoms with van der Waals surface area (Å²) in [6.45, 7) is 1.93. The van der Waals surface area contributed by atoms with Gasteiger partial charge in [0.05, 0.1) is 11.8 Å². The molecule has 7 heteroatoms. The summed E-state index contributed by atoms with van der Waals surface area (Å²) < 4.78 is 42.3. The number of carbonyl (C=O) groups is 1. The van der Waals surface area contributed by atoms with Crippen molar-refractivity contribution >= 4 is 11.6 Å². The van der Waals surface area contributed by atoms with Gasteiger partial charge < -0.3 is 9.84 Å². The summed E-state index contributed by atoms with van der Waals surface area (Å²) in [5.41, 5.74) is -0.203. The van der Waals surface area contributed by atoms with Crippen LogP contribution in [0.2, 0.25) is 0 Å². The molecule has 0 atom stereocenters. The van der Waals surface area contributed by atoms with E-state index in [4.69, 9.17) is 4.52 Å². The first-order valence-electron chi connectivity index (χ1n) is 6.34. The normalized spacial score (nSPS) is 11.4. The lowest BCUT2D eigenvalue weighted by Gasteiger charge is -2.08. The predicted octanol–water partition coefficient (Wildman–Crippen LogP) is 3.90. The van der Waals surface area contributed by atoms with Gasteiger partial charge >= 0.3 is 6.18 Å². The summed E-state index contributed by atoms with van der Waals surface area (Å²) in [5.74, 6) is 0.00127. The van der Waals surface area contributed by atoms with Gasteiger partial charge in [0.1, 0.15) is 11.3 Å². The minimum absolute atomic E-state index is 0.275. The van der Waals surface area contributed by atoms with E-state index < -0.39 is 17.6 Å². The molecule has 1 N–H and O–H groups in total. The van der Waals surface area contributed by atoms with Crippen LogP contribution in [0.5, 0.6) is 0 Å². The van der Waals surface area contributed by atoms with Crippen LogP contribution in [0.4, 0.5) is 18.9 Å². The van der Waals surface area contributed by atoms with E-state index in [0.29, 0.717) is 12.2 Å². The second-order valence-electron chi connectivity index (χ2n) is 4.44. The second kappa shape index (κ2) is 5.99. The van der Waals surface area contributed by atoms with Gasteiger partial charge in [-0.1, -0.05) is 12.1 Å². The van der Waals surface area contributed by atoms with Crippen molar-refractivity contribution in [2.24, 2.45) is 0 Å². The first-order valence-corrected chi connectivity index (χ1v) is 6.34. The van der Waals surface area contributed by atoms with Gasteiger partial charge in [-0.3, -0.25) is 4.79 Å². The van der Waals surface area contributed by atoms with Crippen LogP contribution >= 0.6 is 0 Å². The third-order valence-corrected chi connectivity index (χ3v) is 2.84. The van der Waals surface area contributed by atoms with Crippen LogP contribution in [0, 0.1) is 0 Å². The number of aromatic nitrogens is 1. The highest BCUT2D eigenvalue weighted by molar-refractivity contribution is 6.04. The molecule has 1 heterocycles. The molecule has 0 spiro atoms. The number of carbonyl (C=O) groups excluding carboxylic acids is 1. The van der Waals surface area contributed by atoms with E-state index in [1.165, 1.54) is 18.3 Å². The summed E-state index contributed by atoms with van der Waals surface area (Å²) in [6, 6.07) is 4.23. The monoisotopic (exact) mass is 298 g/mol. The van der Waals surface area contributed by atoms with E-state index >= 15 is 0 Å². The van der Waals surface area contributed by atoms with Crippen molar-refractivity contribution in [3.8, 4) is 0 Å². The summed E-state index contributed by atoms with van der Waals surface area (Å²) in [6.07, 6.45) is -1.75. The lowest BCUT2D eigenvalue weighted by atomic mass is 10.1. The summed E-state index contributed by atoms with van der Waals surface area (Å²) >= 11 is 0. The van der Waals surface area contributed by atoms with Gasteiger partial charge in [-0.15, -0.1) is 0 Å². The van der Waals surface area contributed by atoms with E-state index in [1.807, 2.05) is 6.92 Å². The standard InChI is InChI=1S/C14H13F3N2O2/c1-2-3-12-11(8-18-21-12)13(20)19-10-6-4-9(5-7-10)14(15,16)17/h4-8H,2-3H2,1H3,(H,19,20). The minimum atomic E-state index is -4.40. The van der Waals surface area contributed by atoms with Crippen LogP contribution in [-0.2, 0) is 12.6 Å². The molecule has 0 aliphatic heterocycles. The van der Waals surface area contributed by atoms with Gasteiger partial charge in [-0.25, -0.2) is 0 Å². The van der Waals surface area contributed by atoms with Crippen molar-refractivity contribution in [1.29, 1.82) is 0 Å². The number of amides is 1. The largest absolute Gasteiger partial charge is 0.416 e. The molecule has 21 heavy (non-hydrogen) atoms. The lowest BCUT2D eigenvalue weighted by molar-refractivity contribution is -0.137. The van der Waals surface area contributed by atoms with Crippen LogP contribution in [0.15, 0.2) is 35.0 Å². The minimum Gasteiger partial charge on any atom is -0.361 e. The molecule has 1 aromatic heterocycles. The predicted molar refractivity (Wildman–Crippen MR) is 69.9 cm³/mol. The fourth-order valence-electron chi connectivity index (χ4n) is 1.80. The molecule has 0 bridgehead atoms. The number of nitrogens with zero attached hydrogens (tertiary/aromatic N) is 1. The number of nitrogens with one attached hydrogen (secondary N) is 1. The molecule has 2 aromatic rings. The Labute approximate surface area is 118 Å². The molecule has 0 fully saturated rings. The quantitative estimate of drug-likeness (QED) is 0.931. The topological polar surface area (TPSA) is 55.1 Å². The van der Waals surface area contributed by atoms with Crippen molar-refractivity contribution in [2.45, 2.75) is 25.9 Å². The van der Waals surface area contributed by atoms with E-state index in [-0.39, 0.29) is 11.3 Å². The molecule has 112 valence electrons. The summed E-state index contributed by atoms with van der Waals surface area (Å²) in [4.78, 5) is 12.0. The Balaban J connectivity index is 2.11. The number of halogens is 3. The Hall–Kier alpha value is -2.31. The zero-order valence-electron chi connectivity index (χ0n) is 11.2. The van der Waals surface area contributed by atoms with E-state index in [0.717, 1.165) is 18.6 Å². The number of anilines is 1. The Morgan fingerprint density at radius 3 is 2.52 bits per heavy atom. The van der Waals surface area contributed by atoms with Crippen LogP contribution < -0.4 is 5.32 Å². The highest BCUT2D eigenvalue weighted by atomic mass is 19.4. The summed E-state index contributed by atoms with van der Waals surface area (Å²) in [5, 5.41) is 6.08. The SMILES string of the molecule is CCCc1oncc1C(=O)Nc1ccc(C(F)(F)F)cc1. The van der Waals surface area contributed by atoms with Crippen molar-refractivity contribution in [3.05, 3.63) is 47.3 Å². The molecule has 2 rings (SSSR count). The fourth-order valence-corrected chi connectivity index (χ4v) is 1.80. The lowest BCUT2D eigenvalue weighted by Crippen LogP contribution is -2.13. The van der Waals surface area contributed by atoms with Gasteiger partial charge in [0.15, 0.2) is 0 Å². The molecule has 0 aliphatic carbocycles. The first kappa shape index (κ1) is 15.1. The number of rotatable bonds is 4. The maximum absolute atomic E-state index is 12.4.